The summed E-state index contributed by atoms with van der Waals surface area (Å²) in [4.78, 5) is 19.9. The lowest BCUT2D eigenvalue weighted by molar-refractivity contribution is 0.169. The van der Waals surface area contributed by atoms with Gasteiger partial charge in [-0.1, -0.05) is 12.1 Å². The Balaban J connectivity index is 1.32. The maximum absolute atomic E-state index is 13.9. The highest BCUT2D eigenvalue weighted by atomic mass is 19.1. The van der Waals surface area contributed by atoms with Crippen LogP contribution in [-0.2, 0) is 6.54 Å². The largest absolute Gasteiger partial charge is 0.486 e. The van der Waals surface area contributed by atoms with Crippen molar-refractivity contribution >= 4 is 11.7 Å². The Morgan fingerprint density at radius 1 is 1.15 bits per heavy atom. The molecule has 4 rings (SSSR count). The SMILES string of the molecule is O=C(NCc1cccc2c1OCCO2)N1CCN(c2ccncc2F)CC1. The predicted molar refractivity (Wildman–Crippen MR) is 97.6 cm³/mol. The molecule has 2 amide bonds. The molecule has 0 unspecified atom stereocenters. The van der Waals surface area contributed by atoms with Gasteiger partial charge < -0.3 is 24.6 Å². The van der Waals surface area contributed by atoms with Crippen LogP contribution in [0, 0.1) is 5.82 Å². The lowest BCUT2D eigenvalue weighted by Crippen LogP contribution is -2.51. The summed E-state index contributed by atoms with van der Waals surface area (Å²) >= 11 is 0. The molecule has 0 atom stereocenters. The number of fused-ring (bicyclic) bond motifs is 1. The third kappa shape index (κ3) is 3.74. The minimum Gasteiger partial charge on any atom is -0.486 e. The molecule has 27 heavy (non-hydrogen) atoms. The minimum atomic E-state index is -0.341. The first kappa shape index (κ1) is 17.4. The van der Waals surface area contributed by atoms with Gasteiger partial charge in [0.1, 0.15) is 13.2 Å². The Kier molecular flexibility index (Phi) is 4.95. The molecule has 1 N–H and O–H groups in total. The minimum absolute atomic E-state index is 0.140. The van der Waals surface area contributed by atoms with Gasteiger partial charge in [0.15, 0.2) is 17.3 Å². The number of carbonyl (C=O) groups is 1. The summed E-state index contributed by atoms with van der Waals surface area (Å²) in [5.41, 5.74) is 1.41. The Hall–Kier alpha value is -3.03. The average Bonchev–Trinajstić information content (AvgIpc) is 2.72. The molecule has 1 aromatic heterocycles. The monoisotopic (exact) mass is 372 g/mol. The van der Waals surface area contributed by atoms with Gasteiger partial charge in [0.25, 0.3) is 0 Å². The van der Waals surface area contributed by atoms with E-state index < -0.39 is 0 Å². The quantitative estimate of drug-likeness (QED) is 0.893. The van der Waals surface area contributed by atoms with Gasteiger partial charge in [-0.05, 0) is 12.1 Å². The molecule has 0 bridgehead atoms. The molecule has 2 aliphatic heterocycles. The average molecular weight is 372 g/mol. The molecule has 2 aromatic rings. The van der Waals surface area contributed by atoms with E-state index in [1.807, 2.05) is 23.1 Å². The van der Waals surface area contributed by atoms with Gasteiger partial charge in [-0.2, -0.15) is 0 Å². The first-order chi connectivity index (χ1) is 13.2. The first-order valence-electron chi connectivity index (χ1n) is 8.97. The van der Waals surface area contributed by atoms with Crippen LogP contribution in [0.15, 0.2) is 36.7 Å². The molecule has 8 heteroatoms. The number of hydrogen-bond donors (Lipinski definition) is 1. The van der Waals surface area contributed by atoms with Gasteiger partial charge >= 0.3 is 6.03 Å². The van der Waals surface area contributed by atoms with Crippen LogP contribution in [0.3, 0.4) is 0 Å². The lowest BCUT2D eigenvalue weighted by atomic mass is 10.1. The number of amides is 2. The molecule has 142 valence electrons. The summed E-state index contributed by atoms with van der Waals surface area (Å²) in [6, 6.07) is 7.18. The second-order valence-corrected chi connectivity index (χ2v) is 6.40. The maximum Gasteiger partial charge on any atom is 0.317 e. The molecule has 0 saturated carbocycles. The number of anilines is 1. The highest BCUT2D eigenvalue weighted by molar-refractivity contribution is 5.74. The van der Waals surface area contributed by atoms with E-state index in [9.17, 15) is 9.18 Å². The zero-order valence-corrected chi connectivity index (χ0v) is 14.9. The number of ether oxygens (including phenoxy) is 2. The Morgan fingerprint density at radius 2 is 1.96 bits per heavy atom. The number of pyridine rings is 1. The van der Waals surface area contributed by atoms with Crippen LogP contribution in [0.2, 0.25) is 0 Å². The standard InChI is InChI=1S/C19H21FN4O3/c20-15-13-21-5-4-16(15)23-6-8-24(9-7-23)19(25)22-12-14-2-1-3-17-18(14)27-11-10-26-17/h1-5,13H,6-12H2,(H,22,25). The fraction of sp³-hybridized carbons (Fsp3) is 0.368. The predicted octanol–water partition coefficient (Wildman–Crippen LogP) is 2.02. The molecule has 0 radical (unpaired) electrons. The molecular formula is C19H21FN4O3. The molecular weight excluding hydrogens is 351 g/mol. The van der Waals surface area contributed by atoms with Crippen molar-refractivity contribution in [3.05, 3.63) is 48.0 Å². The topological polar surface area (TPSA) is 66.9 Å². The van der Waals surface area contributed by atoms with Crippen LogP contribution in [-0.4, -0.2) is 55.3 Å². The van der Waals surface area contributed by atoms with Crippen LogP contribution >= 0.6 is 0 Å². The van der Waals surface area contributed by atoms with Crippen molar-refractivity contribution in [1.82, 2.24) is 15.2 Å². The summed E-state index contributed by atoms with van der Waals surface area (Å²) in [5, 5.41) is 2.93. The van der Waals surface area contributed by atoms with E-state index in [0.717, 1.165) is 5.56 Å². The Labute approximate surface area is 156 Å². The van der Waals surface area contributed by atoms with Crippen LogP contribution in [0.1, 0.15) is 5.56 Å². The van der Waals surface area contributed by atoms with E-state index in [4.69, 9.17) is 9.47 Å². The highest BCUT2D eigenvalue weighted by Gasteiger charge is 2.23. The van der Waals surface area contributed by atoms with E-state index in [-0.39, 0.29) is 11.8 Å². The van der Waals surface area contributed by atoms with Crippen molar-refractivity contribution in [1.29, 1.82) is 0 Å². The zero-order chi connectivity index (χ0) is 18.6. The third-order valence-electron chi connectivity index (χ3n) is 4.74. The molecule has 1 aromatic carbocycles. The molecule has 0 spiro atoms. The van der Waals surface area contributed by atoms with Crippen molar-refractivity contribution in [2.45, 2.75) is 6.54 Å². The number of rotatable bonds is 3. The number of benzene rings is 1. The fourth-order valence-corrected chi connectivity index (χ4v) is 3.33. The van der Waals surface area contributed by atoms with Gasteiger partial charge in [0.2, 0.25) is 0 Å². The zero-order valence-electron chi connectivity index (χ0n) is 14.9. The van der Waals surface area contributed by atoms with Gasteiger partial charge in [-0.25, -0.2) is 9.18 Å². The summed E-state index contributed by atoms with van der Waals surface area (Å²) in [6.45, 7) is 3.61. The number of piperazine rings is 1. The molecule has 1 fully saturated rings. The van der Waals surface area contributed by atoms with E-state index in [1.165, 1.54) is 6.20 Å². The van der Waals surface area contributed by atoms with Gasteiger partial charge in [0, 0.05) is 44.5 Å². The smallest absolute Gasteiger partial charge is 0.317 e. The van der Waals surface area contributed by atoms with E-state index in [1.54, 1.807) is 17.2 Å². The second-order valence-electron chi connectivity index (χ2n) is 6.40. The molecule has 2 aliphatic rings. The van der Waals surface area contributed by atoms with E-state index in [0.29, 0.717) is 63.1 Å². The van der Waals surface area contributed by atoms with Crippen molar-refractivity contribution in [3.8, 4) is 11.5 Å². The van der Waals surface area contributed by atoms with Crippen molar-refractivity contribution in [3.63, 3.8) is 0 Å². The van der Waals surface area contributed by atoms with Crippen LogP contribution in [0.5, 0.6) is 11.5 Å². The van der Waals surface area contributed by atoms with Gasteiger partial charge in [0.05, 0.1) is 11.9 Å². The molecule has 1 saturated heterocycles. The third-order valence-corrected chi connectivity index (χ3v) is 4.74. The number of carbonyl (C=O) groups excluding carboxylic acids is 1. The normalized spacial score (nSPS) is 16.2. The highest BCUT2D eigenvalue weighted by Crippen LogP contribution is 2.33. The van der Waals surface area contributed by atoms with Gasteiger partial charge in [-0.3, -0.25) is 4.98 Å². The number of aromatic nitrogens is 1. The fourth-order valence-electron chi connectivity index (χ4n) is 3.33. The maximum atomic E-state index is 13.9. The van der Waals surface area contributed by atoms with Crippen LogP contribution in [0.25, 0.3) is 0 Å². The van der Waals surface area contributed by atoms with E-state index >= 15 is 0 Å². The molecule has 0 aliphatic carbocycles. The Morgan fingerprint density at radius 3 is 2.78 bits per heavy atom. The van der Waals surface area contributed by atoms with Crippen molar-refractivity contribution < 1.29 is 18.7 Å². The van der Waals surface area contributed by atoms with Crippen molar-refractivity contribution in [2.75, 3.05) is 44.3 Å². The van der Waals surface area contributed by atoms with Gasteiger partial charge in [-0.15, -0.1) is 0 Å². The summed E-state index contributed by atoms with van der Waals surface area (Å²) in [6.07, 6.45) is 2.78. The second kappa shape index (κ2) is 7.69. The first-order valence-corrected chi connectivity index (χ1v) is 8.97. The number of urea groups is 1. The molecule has 3 heterocycles. The van der Waals surface area contributed by atoms with E-state index in [2.05, 4.69) is 10.3 Å². The number of nitrogens with one attached hydrogen (secondary N) is 1. The number of nitrogens with zero attached hydrogens (tertiary/aromatic N) is 3. The summed E-state index contributed by atoms with van der Waals surface area (Å²) in [7, 11) is 0. The van der Waals surface area contributed by atoms with Crippen LogP contribution < -0.4 is 19.7 Å². The number of hydrogen-bond acceptors (Lipinski definition) is 5. The number of para-hydroxylation sites is 1. The summed E-state index contributed by atoms with van der Waals surface area (Å²) in [5.74, 6) is 1.06. The lowest BCUT2D eigenvalue weighted by Gasteiger charge is -2.36. The van der Waals surface area contributed by atoms with Crippen LogP contribution in [0.4, 0.5) is 14.9 Å². The molecule has 7 nitrogen and oxygen atoms in total. The number of halogens is 1. The summed E-state index contributed by atoms with van der Waals surface area (Å²) < 4.78 is 25.1. The Bertz CT molecular complexity index is 824. The van der Waals surface area contributed by atoms with Crippen molar-refractivity contribution in [2.24, 2.45) is 0 Å².